The number of halogens is 1. The summed E-state index contributed by atoms with van der Waals surface area (Å²) < 4.78 is 6.33. The molecule has 5 nitrogen and oxygen atoms in total. The van der Waals surface area contributed by atoms with Crippen LogP contribution in [0.5, 0.6) is 0 Å². The molecule has 0 spiro atoms. The number of anilines is 1. The Hall–Kier alpha value is -2.22. The topological polar surface area (TPSA) is 63.3 Å². The molecule has 1 aromatic carbocycles. The summed E-state index contributed by atoms with van der Waals surface area (Å²) in [5.41, 5.74) is 5.94. The molecule has 104 valence electrons. The van der Waals surface area contributed by atoms with Crippen molar-refractivity contribution in [2.45, 2.75) is 0 Å². The van der Waals surface area contributed by atoms with Gasteiger partial charge in [0.25, 0.3) is 0 Å². The van der Waals surface area contributed by atoms with E-state index in [0.717, 1.165) is 26.1 Å². The Balaban J connectivity index is 1.73. The third-order valence-corrected chi connectivity index (χ3v) is 3.68. The van der Waals surface area contributed by atoms with Gasteiger partial charge in [-0.1, -0.05) is 0 Å². The monoisotopic (exact) mass is 390 g/mol. The van der Waals surface area contributed by atoms with Gasteiger partial charge in [0, 0.05) is 21.5 Å². The summed E-state index contributed by atoms with van der Waals surface area (Å²) in [6.45, 7) is 0. The summed E-state index contributed by atoms with van der Waals surface area (Å²) in [6, 6.07) is 9.73. The van der Waals surface area contributed by atoms with Crippen LogP contribution in [0, 0.1) is 3.57 Å². The van der Waals surface area contributed by atoms with Crippen LogP contribution in [-0.2, 0) is 0 Å². The van der Waals surface area contributed by atoms with E-state index < -0.39 is 0 Å². The van der Waals surface area contributed by atoms with E-state index in [4.69, 9.17) is 4.42 Å². The van der Waals surface area contributed by atoms with Crippen molar-refractivity contribution in [1.29, 1.82) is 0 Å². The van der Waals surface area contributed by atoms with Gasteiger partial charge in [-0.15, -0.1) is 0 Å². The highest BCUT2D eigenvalue weighted by Crippen LogP contribution is 2.26. The van der Waals surface area contributed by atoms with Crippen LogP contribution in [0.25, 0.3) is 11.3 Å². The Morgan fingerprint density at radius 3 is 2.71 bits per heavy atom. The van der Waals surface area contributed by atoms with Gasteiger partial charge in [-0.25, -0.2) is 4.98 Å². The van der Waals surface area contributed by atoms with Crippen molar-refractivity contribution in [1.82, 2.24) is 9.97 Å². The predicted molar refractivity (Wildman–Crippen MR) is 90.1 cm³/mol. The van der Waals surface area contributed by atoms with Crippen LogP contribution in [0.4, 0.5) is 5.69 Å². The second kappa shape index (κ2) is 6.49. The molecule has 0 aliphatic heterocycles. The Morgan fingerprint density at radius 2 is 2.00 bits per heavy atom. The number of hydrogen-bond acceptors (Lipinski definition) is 5. The second-order valence-corrected chi connectivity index (χ2v) is 5.37. The summed E-state index contributed by atoms with van der Waals surface area (Å²) >= 11 is 2.26. The van der Waals surface area contributed by atoms with Crippen LogP contribution in [0.3, 0.4) is 0 Å². The fourth-order valence-corrected chi connectivity index (χ4v) is 2.38. The highest BCUT2D eigenvalue weighted by atomic mass is 127. The summed E-state index contributed by atoms with van der Waals surface area (Å²) in [6.07, 6.45) is 8.34. The predicted octanol–water partition coefficient (Wildman–Crippen LogP) is 3.79. The molecule has 0 saturated carbocycles. The van der Waals surface area contributed by atoms with E-state index in [1.807, 2.05) is 30.3 Å². The minimum atomic E-state index is 0.750. The quantitative estimate of drug-likeness (QED) is 0.418. The molecule has 6 heteroatoms. The molecule has 2 aromatic heterocycles. The van der Waals surface area contributed by atoms with E-state index in [1.54, 1.807) is 24.8 Å². The molecule has 0 atom stereocenters. The van der Waals surface area contributed by atoms with Gasteiger partial charge in [-0.3, -0.25) is 10.4 Å². The number of pyridine rings is 1. The highest BCUT2D eigenvalue weighted by molar-refractivity contribution is 14.1. The summed E-state index contributed by atoms with van der Waals surface area (Å²) in [5.74, 6) is 0.750. The van der Waals surface area contributed by atoms with Gasteiger partial charge in [0.1, 0.15) is 0 Å². The minimum Gasteiger partial charge on any atom is -0.444 e. The average molecular weight is 390 g/mol. The van der Waals surface area contributed by atoms with E-state index in [-0.39, 0.29) is 0 Å². The van der Waals surface area contributed by atoms with Gasteiger partial charge < -0.3 is 4.42 Å². The number of hydrogen-bond donors (Lipinski definition) is 1. The fourth-order valence-electron chi connectivity index (χ4n) is 1.74. The maximum atomic E-state index is 5.28. The fraction of sp³-hybridized carbons (Fsp3) is 0. The summed E-state index contributed by atoms with van der Waals surface area (Å²) in [4.78, 5) is 7.88. The Labute approximate surface area is 135 Å². The normalized spacial score (nSPS) is 10.9. The summed E-state index contributed by atoms with van der Waals surface area (Å²) in [5, 5.41) is 4.22. The van der Waals surface area contributed by atoms with Gasteiger partial charge in [0.15, 0.2) is 12.2 Å². The first-order chi connectivity index (χ1) is 10.3. The lowest BCUT2D eigenvalue weighted by molar-refractivity contribution is 0.572. The van der Waals surface area contributed by atoms with E-state index in [0.29, 0.717) is 0 Å². The lowest BCUT2D eigenvalue weighted by Gasteiger charge is -2.05. The van der Waals surface area contributed by atoms with E-state index in [9.17, 15) is 0 Å². The number of benzene rings is 1. The van der Waals surface area contributed by atoms with Crippen molar-refractivity contribution < 1.29 is 4.42 Å². The lowest BCUT2D eigenvalue weighted by atomic mass is 10.2. The highest BCUT2D eigenvalue weighted by Gasteiger charge is 2.05. The van der Waals surface area contributed by atoms with E-state index >= 15 is 0 Å². The molecule has 0 aliphatic rings. The number of aromatic nitrogens is 2. The van der Waals surface area contributed by atoms with Crippen LogP contribution in [0.1, 0.15) is 5.56 Å². The molecule has 0 radical (unpaired) electrons. The largest absolute Gasteiger partial charge is 0.444 e. The molecular weight excluding hydrogens is 379 g/mol. The smallest absolute Gasteiger partial charge is 0.181 e. The van der Waals surface area contributed by atoms with Crippen LogP contribution < -0.4 is 5.43 Å². The number of hydrazone groups is 1. The van der Waals surface area contributed by atoms with Crippen molar-refractivity contribution in [2.24, 2.45) is 5.10 Å². The maximum absolute atomic E-state index is 5.28. The SMILES string of the molecule is Ic1cc(-c2cnco2)ccc1N/N=C/c1ccncc1. The van der Waals surface area contributed by atoms with Gasteiger partial charge in [-0.2, -0.15) is 5.10 Å². The number of rotatable bonds is 4. The van der Waals surface area contributed by atoms with Crippen molar-refractivity contribution in [3.05, 3.63) is 64.4 Å². The molecule has 21 heavy (non-hydrogen) atoms. The molecule has 2 heterocycles. The molecule has 1 N–H and O–H groups in total. The molecule has 0 unspecified atom stereocenters. The first-order valence-electron chi connectivity index (χ1n) is 6.20. The Bertz CT molecular complexity index is 742. The third-order valence-electron chi connectivity index (χ3n) is 2.79. The van der Waals surface area contributed by atoms with Gasteiger partial charge >= 0.3 is 0 Å². The molecule has 0 aliphatic carbocycles. The number of nitrogens with one attached hydrogen (secondary N) is 1. The van der Waals surface area contributed by atoms with Gasteiger partial charge in [-0.05, 0) is 58.5 Å². The zero-order chi connectivity index (χ0) is 14.5. The molecule has 3 rings (SSSR count). The van der Waals surface area contributed by atoms with Crippen LogP contribution in [-0.4, -0.2) is 16.2 Å². The molecule has 0 bridgehead atoms. The van der Waals surface area contributed by atoms with E-state index in [1.165, 1.54) is 6.39 Å². The van der Waals surface area contributed by atoms with Crippen molar-refractivity contribution in [2.75, 3.05) is 5.43 Å². The number of nitrogens with zero attached hydrogens (tertiary/aromatic N) is 3. The van der Waals surface area contributed by atoms with Crippen LogP contribution in [0.15, 0.2) is 64.8 Å². The average Bonchev–Trinajstić information content (AvgIpc) is 3.04. The molecular formula is C15H11IN4O. The van der Waals surface area contributed by atoms with Gasteiger partial charge in [0.05, 0.1) is 18.1 Å². The lowest BCUT2D eigenvalue weighted by Crippen LogP contribution is -1.93. The first kappa shape index (κ1) is 13.7. The number of oxazole rings is 1. The minimum absolute atomic E-state index is 0.750. The van der Waals surface area contributed by atoms with Crippen LogP contribution in [0.2, 0.25) is 0 Å². The molecule has 3 aromatic rings. The molecule has 0 saturated heterocycles. The standard InChI is InChI=1S/C15H11IN4O/c16-13-7-12(15-9-18-10-21-15)1-2-14(13)20-19-8-11-3-5-17-6-4-11/h1-10,20H/b19-8+. The van der Waals surface area contributed by atoms with Crippen molar-refractivity contribution in [3.63, 3.8) is 0 Å². The Kier molecular flexibility index (Phi) is 4.25. The van der Waals surface area contributed by atoms with Crippen molar-refractivity contribution in [3.8, 4) is 11.3 Å². The maximum Gasteiger partial charge on any atom is 0.181 e. The molecule has 0 amide bonds. The molecule has 0 fully saturated rings. The third kappa shape index (κ3) is 3.46. The second-order valence-electron chi connectivity index (χ2n) is 4.21. The van der Waals surface area contributed by atoms with Crippen molar-refractivity contribution >= 4 is 34.5 Å². The summed E-state index contributed by atoms with van der Waals surface area (Å²) in [7, 11) is 0. The van der Waals surface area contributed by atoms with Crippen LogP contribution >= 0.6 is 22.6 Å². The zero-order valence-corrected chi connectivity index (χ0v) is 13.1. The zero-order valence-electron chi connectivity index (χ0n) is 10.9. The van der Waals surface area contributed by atoms with E-state index in [2.05, 4.69) is 43.1 Å². The van der Waals surface area contributed by atoms with Gasteiger partial charge in [0.2, 0.25) is 0 Å². The first-order valence-corrected chi connectivity index (χ1v) is 7.28. The Morgan fingerprint density at radius 1 is 1.14 bits per heavy atom.